The van der Waals surface area contributed by atoms with Crippen molar-refractivity contribution >= 4 is 0 Å². The normalized spacial score (nSPS) is 18.6. The molecule has 0 radical (unpaired) electrons. The van der Waals surface area contributed by atoms with E-state index >= 15 is 0 Å². The van der Waals surface area contributed by atoms with Crippen LogP contribution in [0.1, 0.15) is 40.5 Å². The monoisotopic (exact) mass is 136 g/mol. The SMILES string of the molecule is CC(C)=C1CC(C)=C(C)C1. The molecule has 0 bridgehead atoms. The first kappa shape index (κ1) is 7.59. The molecule has 1 rings (SSSR count). The topological polar surface area (TPSA) is 0 Å². The van der Waals surface area contributed by atoms with E-state index in [0.717, 1.165) is 0 Å². The summed E-state index contributed by atoms with van der Waals surface area (Å²) in [7, 11) is 0. The van der Waals surface area contributed by atoms with Crippen molar-refractivity contribution in [1.29, 1.82) is 0 Å². The van der Waals surface area contributed by atoms with Crippen LogP contribution >= 0.6 is 0 Å². The Hall–Kier alpha value is -0.520. The quantitative estimate of drug-likeness (QED) is 0.447. The predicted octanol–water partition coefficient (Wildman–Crippen LogP) is 3.45. The van der Waals surface area contributed by atoms with Gasteiger partial charge in [-0.1, -0.05) is 22.3 Å². The smallest absolute Gasteiger partial charge is 0.0103 e. The van der Waals surface area contributed by atoms with Gasteiger partial charge in [-0.2, -0.15) is 0 Å². The minimum Gasteiger partial charge on any atom is -0.0766 e. The van der Waals surface area contributed by atoms with Crippen molar-refractivity contribution in [3.63, 3.8) is 0 Å². The Kier molecular flexibility index (Phi) is 1.98. The van der Waals surface area contributed by atoms with Crippen molar-refractivity contribution < 1.29 is 0 Å². The second-order valence-electron chi connectivity index (χ2n) is 3.52. The van der Waals surface area contributed by atoms with E-state index in [0.29, 0.717) is 0 Å². The van der Waals surface area contributed by atoms with Gasteiger partial charge in [-0.25, -0.2) is 0 Å². The molecule has 0 saturated heterocycles. The fourth-order valence-electron chi connectivity index (χ4n) is 1.36. The molecule has 0 N–H and O–H groups in total. The molecule has 0 aliphatic heterocycles. The minimum absolute atomic E-state index is 1.23. The Balaban J connectivity index is 2.78. The van der Waals surface area contributed by atoms with Gasteiger partial charge in [0.1, 0.15) is 0 Å². The Bertz CT molecular complexity index is 184. The van der Waals surface area contributed by atoms with Crippen LogP contribution in [0.4, 0.5) is 0 Å². The summed E-state index contributed by atoms with van der Waals surface area (Å²) in [5.74, 6) is 0. The molecule has 1 aliphatic carbocycles. The van der Waals surface area contributed by atoms with Gasteiger partial charge in [-0.05, 0) is 40.5 Å². The highest BCUT2D eigenvalue weighted by atomic mass is 14.2. The lowest BCUT2D eigenvalue weighted by atomic mass is 10.1. The van der Waals surface area contributed by atoms with E-state index in [9.17, 15) is 0 Å². The molecule has 56 valence electrons. The van der Waals surface area contributed by atoms with Gasteiger partial charge in [0.25, 0.3) is 0 Å². The molecule has 0 nitrogen and oxygen atoms in total. The molecular weight excluding hydrogens is 120 g/mol. The summed E-state index contributed by atoms with van der Waals surface area (Å²) in [6, 6.07) is 0. The number of allylic oxidation sites excluding steroid dienone is 4. The number of hydrogen-bond donors (Lipinski definition) is 0. The van der Waals surface area contributed by atoms with E-state index in [4.69, 9.17) is 0 Å². The summed E-state index contributed by atoms with van der Waals surface area (Å²) < 4.78 is 0. The van der Waals surface area contributed by atoms with Crippen LogP contribution in [0.5, 0.6) is 0 Å². The van der Waals surface area contributed by atoms with Gasteiger partial charge in [-0.3, -0.25) is 0 Å². The molecule has 0 fully saturated rings. The van der Waals surface area contributed by atoms with Crippen LogP contribution in [0.3, 0.4) is 0 Å². The van der Waals surface area contributed by atoms with Crippen molar-refractivity contribution in [1.82, 2.24) is 0 Å². The van der Waals surface area contributed by atoms with Gasteiger partial charge in [0, 0.05) is 0 Å². The fourth-order valence-corrected chi connectivity index (χ4v) is 1.36. The molecule has 0 heteroatoms. The van der Waals surface area contributed by atoms with Crippen LogP contribution in [0.2, 0.25) is 0 Å². The third-order valence-corrected chi connectivity index (χ3v) is 2.39. The zero-order valence-corrected chi connectivity index (χ0v) is 7.41. The maximum atomic E-state index is 2.24. The lowest BCUT2D eigenvalue weighted by Gasteiger charge is -1.98. The third-order valence-electron chi connectivity index (χ3n) is 2.39. The van der Waals surface area contributed by atoms with Crippen LogP contribution in [0.15, 0.2) is 22.3 Å². The van der Waals surface area contributed by atoms with E-state index in [2.05, 4.69) is 27.7 Å². The number of rotatable bonds is 0. The van der Waals surface area contributed by atoms with Crippen LogP contribution < -0.4 is 0 Å². The molecule has 0 atom stereocenters. The van der Waals surface area contributed by atoms with E-state index in [-0.39, 0.29) is 0 Å². The Labute approximate surface area is 63.6 Å². The highest BCUT2D eigenvalue weighted by molar-refractivity contribution is 5.33. The molecule has 0 aromatic rings. The zero-order chi connectivity index (χ0) is 7.72. The molecule has 10 heavy (non-hydrogen) atoms. The predicted molar refractivity (Wildman–Crippen MR) is 46.0 cm³/mol. The Morgan fingerprint density at radius 1 is 1.00 bits per heavy atom. The lowest BCUT2D eigenvalue weighted by molar-refractivity contribution is 1.07. The molecule has 0 aromatic heterocycles. The summed E-state index contributed by atoms with van der Waals surface area (Å²) in [6.07, 6.45) is 2.46. The second kappa shape index (κ2) is 2.61. The summed E-state index contributed by atoms with van der Waals surface area (Å²) in [6.45, 7) is 8.90. The zero-order valence-electron chi connectivity index (χ0n) is 7.41. The van der Waals surface area contributed by atoms with Crippen molar-refractivity contribution in [3.8, 4) is 0 Å². The van der Waals surface area contributed by atoms with Crippen LogP contribution in [-0.2, 0) is 0 Å². The minimum atomic E-state index is 1.23. The van der Waals surface area contributed by atoms with E-state index in [1.807, 2.05) is 0 Å². The van der Waals surface area contributed by atoms with Gasteiger partial charge in [0.05, 0.1) is 0 Å². The van der Waals surface area contributed by atoms with Gasteiger partial charge in [0.15, 0.2) is 0 Å². The average molecular weight is 136 g/mol. The van der Waals surface area contributed by atoms with Gasteiger partial charge in [-0.15, -0.1) is 0 Å². The van der Waals surface area contributed by atoms with E-state index in [1.165, 1.54) is 18.4 Å². The standard InChI is InChI=1S/C10H16/c1-7(2)10-5-8(3)9(4)6-10/h5-6H2,1-4H3. The molecule has 0 saturated carbocycles. The van der Waals surface area contributed by atoms with Crippen LogP contribution in [-0.4, -0.2) is 0 Å². The largest absolute Gasteiger partial charge is 0.0766 e. The summed E-state index contributed by atoms with van der Waals surface area (Å²) in [5.41, 5.74) is 6.30. The van der Waals surface area contributed by atoms with Gasteiger partial charge >= 0.3 is 0 Å². The summed E-state index contributed by atoms with van der Waals surface area (Å²) in [4.78, 5) is 0. The molecular formula is C10H16. The highest BCUT2D eigenvalue weighted by Crippen LogP contribution is 2.31. The molecule has 0 spiro atoms. The summed E-state index contributed by atoms with van der Waals surface area (Å²) in [5, 5.41) is 0. The highest BCUT2D eigenvalue weighted by Gasteiger charge is 2.11. The van der Waals surface area contributed by atoms with Gasteiger partial charge in [0.2, 0.25) is 0 Å². The second-order valence-corrected chi connectivity index (χ2v) is 3.52. The van der Waals surface area contributed by atoms with Crippen molar-refractivity contribution in [2.75, 3.05) is 0 Å². The summed E-state index contributed by atoms with van der Waals surface area (Å²) >= 11 is 0. The molecule has 0 aromatic carbocycles. The number of hydrogen-bond acceptors (Lipinski definition) is 0. The lowest BCUT2D eigenvalue weighted by Crippen LogP contribution is -1.78. The average Bonchev–Trinajstić information content (AvgIpc) is 2.13. The van der Waals surface area contributed by atoms with Crippen molar-refractivity contribution in [2.45, 2.75) is 40.5 Å². The van der Waals surface area contributed by atoms with Crippen molar-refractivity contribution in [3.05, 3.63) is 22.3 Å². The van der Waals surface area contributed by atoms with Crippen molar-refractivity contribution in [2.24, 2.45) is 0 Å². The molecule has 1 aliphatic rings. The molecule has 0 unspecified atom stereocenters. The molecule has 0 amide bonds. The maximum Gasteiger partial charge on any atom is -0.0103 e. The van der Waals surface area contributed by atoms with Crippen LogP contribution in [0.25, 0.3) is 0 Å². The van der Waals surface area contributed by atoms with Crippen LogP contribution in [0, 0.1) is 0 Å². The van der Waals surface area contributed by atoms with E-state index < -0.39 is 0 Å². The Morgan fingerprint density at radius 2 is 1.40 bits per heavy atom. The first-order valence-corrected chi connectivity index (χ1v) is 3.91. The first-order valence-electron chi connectivity index (χ1n) is 3.91. The Morgan fingerprint density at radius 3 is 1.60 bits per heavy atom. The van der Waals surface area contributed by atoms with E-state index in [1.54, 1.807) is 16.7 Å². The third kappa shape index (κ3) is 1.31. The fraction of sp³-hybridized carbons (Fsp3) is 0.600. The molecule has 0 heterocycles. The maximum absolute atomic E-state index is 2.24. The first-order chi connectivity index (χ1) is 4.61. The van der Waals surface area contributed by atoms with Gasteiger partial charge < -0.3 is 0 Å².